The largest absolute Gasteiger partial charge is 0.487 e. The second-order valence-electron chi connectivity index (χ2n) is 6.49. The van der Waals surface area contributed by atoms with Gasteiger partial charge in [0.25, 0.3) is 0 Å². The number of ether oxygens (including phenoxy) is 2. The molecule has 5 atom stereocenters. The Kier molecular flexibility index (Phi) is 2.12. The third-order valence-electron chi connectivity index (χ3n) is 5.30. The summed E-state index contributed by atoms with van der Waals surface area (Å²) < 4.78 is 12.6. The fourth-order valence-electron chi connectivity index (χ4n) is 4.27. The fraction of sp³-hybridized carbons (Fsp3) is 0.625. The van der Waals surface area contributed by atoms with Crippen LogP contribution in [0.25, 0.3) is 0 Å². The van der Waals surface area contributed by atoms with Crippen LogP contribution in [0.4, 0.5) is 0 Å². The van der Waals surface area contributed by atoms with Crippen molar-refractivity contribution >= 4 is 0 Å². The fourth-order valence-corrected chi connectivity index (χ4v) is 4.27. The lowest BCUT2D eigenvalue weighted by Gasteiger charge is -2.55. The molecule has 0 unspecified atom stereocenters. The van der Waals surface area contributed by atoms with E-state index in [4.69, 9.17) is 9.47 Å². The molecule has 1 aliphatic carbocycles. The smallest absolute Gasteiger partial charge is 0.125 e. The third-order valence-corrected chi connectivity index (χ3v) is 5.30. The van der Waals surface area contributed by atoms with Gasteiger partial charge >= 0.3 is 0 Å². The van der Waals surface area contributed by atoms with Gasteiger partial charge in [-0.15, -0.1) is 0 Å². The first-order valence-electron chi connectivity index (χ1n) is 7.07. The van der Waals surface area contributed by atoms with Crippen molar-refractivity contribution in [2.24, 2.45) is 17.8 Å². The molecule has 3 aliphatic rings. The minimum atomic E-state index is -0.0324. The standard InChI is InChI=1S/C16H20O2/c1-10-8-16(2)13-7-11(10)9-17-15(13)12-5-3-4-6-14(12)18-16/h3-6,10-11,13,15H,7-9H2,1-2H3/t10-,11+,13+,15+,16-/m1/s1. The molecule has 2 fully saturated rings. The molecule has 1 aromatic carbocycles. The Bertz CT molecular complexity index is 484. The van der Waals surface area contributed by atoms with Crippen molar-refractivity contribution in [2.45, 2.75) is 38.4 Å². The summed E-state index contributed by atoms with van der Waals surface area (Å²) in [6.07, 6.45) is 2.68. The first-order chi connectivity index (χ1) is 8.67. The first kappa shape index (κ1) is 10.9. The number of hydrogen-bond donors (Lipinski definition) is 0. The Labute approximate surface area is 108 Å². The molecule has 18 heavy (non-hydrogen) atoms. The molecule has 0 aromatic heterocycles. The van der Waals surface area contributed by atoms with E-state index in [-0.39, 0.29) is 11.7 Å². The summed E-state index contributed by atoms with van der Waals surface area (Å²) in [6, 6.07) is 8.40. The van der Waals surface area contributed by atoms with E-state index in [1.54, 1.807) is 0 Å². The molecule has 96 valence electrons. The molecule has 2 bridgehead atoms. The molecule has 2 heteroatoms. The molecule has 0 spiro atoms. The molecule has 2 nitrogen and oxygen atoms in total. The lowest BCUT2D eigenvalue weighted by Crippen LogP contribution is -2.56. The quantitative estimate of drug-likeness (QED) is 0.694. The van der Waals surface area contributed by atoms with Gasteiger partial charge in [-0.05, 0) is 37.7 Å². The van der Waals surface area contributed by atoms with Gasteiger partial charge in [0.05, 0.1) is 12.7 Å². The second-order valence-corrected chi connectivity index (χ2v) is 6.49. The summed E-state index contributed by atoms with van der Waals surface area (Å²) in [5.74, 6) is 3.00. The van der Waals surface area contributed by atoms with E-state index in [2.05, 4.69) is 38.1 Å². The van der Waals surface area contributed by atoms with Crippen LogP contribution in [-0.4, -0.2) is 12.2 Å². The van der Waals surface area contributed by atoms with Crippen LogP contribution in [0.5, 0.6) is 5.75 Å². The van der Waals surface area contributed by atoms with Crippen LogP contribution in [0, 0.1) is 17.8 Å². The van der Waals surface area contributed by atoms with E-state index in [9.17, 15) is 0 Å². The van der Waals surface area contributed by atoms with E-state index < -0.39 is 0 Å². The number of para-hydroxylation sites is 1. The SMILES string of the molecule is C[C@@H]1C[C@@]2(C)Oc3ccccc3[C@@H]3OC[C@@H]1C[C@@H]32. The molecule has 2 heterocycles. The minimum absolute atomic E-state index is 0.0324. The van der Waals surface area contributed by atoms with E-state index in [1.807, 2.05) is 0 Å². The molecule has 1 saturated heterocycles. The average molecular weight is 244 g/mol. The molecule has 4 rings (SSSR count). The van der Waals surface area contributed by atoms with Crippen LogP contribution in [0.1, 0.15) is 38.4 Å². The van der Waals surface area contributed by atoms with Gasteiger partial charge in [-0.3, -0.25) is 0 Å². The van der Waals surface area contributed by atoms with Crippen molar-refractivity contribution in [1.82, 2.24) is 0 Å². The van der Waals surface area contributed by atoms with Crippen molar-refractivity contribution in [3.8, 4) is 5.75 Å². The zero-order chi connectivity index (χ0) is 12.3. The van der Waals surface area contributed by atoms with Crippen LogP contribution in [0.3, 0.4) is 0 Å². The van der Waals surface area contributed by atoms with Crippen LogP contribution in [0.15, 0.2) is 24.3 Å². The molecule has 0 amide bonds. The zero-order valence-electron chi connectivity index (χ0n) is 11.1. The minimum Gasteiger partial charge on any atom is -0.487 e. The Morgan fingerprint density at radius 3 is 3.00 bits per heavy atom. The molecular weight excluding hydrogens is 224 g/mol. The molecule has 1 saturated carbocycles. The highest BCUT2D eigenvalue weighted by Crippen LogP contribution is 2.56. The number of benzene rings is 1. The second kappa shape index (κ2) is 3.51. The van der Waals surface area contributed by atoms with Crippen LogP contribution < -0.4 is 4.74 Å². The van der Waals surface area contributed by atoms with E-state index in [1.165, 1.54) is 12.0 Å². The van der Waals surface area contributed by atoms with Gasteiger partial charge in [0.15, 0.2) is 0 Å². The van der Waals surface area contributed by atoms with Gasteiger partial charge in [0.2, 0.25) is 0 Å². The Morgan fingerprint density at radius 1 is 1.28 bits per heavy atom. The van der Waals surface area contributed by atoms with Crippen molar-refractivity contribution < 1.29 is 9.47 Å². The number of rotatable bonds is 0. The van der Waals surface area contributed by atoms with Gasteiger partial charge in [-0.1, -0.05) is 25.1 Å². The zero-order valence-corrected chi connectivity index (χ0v) is 11.1. The van der Waals surface area contributed by atoms with Crippen molar-refractivity contribution in [1.29, 1.82) is 0 Å². The summed E-state index contributed by atoms with van der Waals surface area (Å²) in [6.45, 7) is 5.55. The lowest BCUT2D eigenvalue weighted by molar-refractivity contribution is -0.184. The topological polar surface area (TPSA) is 18.5 Å². The van der Waals surface area contributed by atoms with Crippen molar-refractivity contribution in [3.63, 3.8) is 0 Å². The highest BCUT2D eigenvalue weighted by atomic mass is 16.5. The van der Waals surface area contributed by atoms with Gasteiger partial charge < -0.3 is 9.47 Å². The van der Waals surface area contributed by atoms with Crippen molar-refractivity contribution in [2.75, 3.05) is 6.61 Å². The molecular formula is C16H20O2. The maximum atomic E-state index is 6.37. The maximum absolute atomic E-state index is 6.37. The molecule has 0 N–H and O–H groups in total. The number of fused-ring (bicyclic) bond motifs is 3. The van der Waals surface area contributed by atoms with Gasteiger partial charge in [0.1, 0.15) is 11.4 Å². The lowest BCUT2D eigenvalue weighted by atomic mass is 9.62. The monoisotopic (exact) mass is 244 g/mol. The summed E-state index contributed by atoms with van der Waals surface area (Å²) in [7, 11) is 0. The Hall–Kier alpha value is -1.02. The average Bonchev–Trinajstić information content (AvgIpc) is 2.37. The summed E-state index contributed by atoms with van der Waals surface area (Å²) in [5, 5.41) is 0. The summed E-state index contributed by atoms with van der Waals surface area (Å²) in [4.78, 5) is 0. The Morgan fingerprint density at radius 2 is 2.11 bits per heavy atom. The van der Waals surface area contributed by atoms with Crippen LogP contribution in [-0.2, 0) is 4.74 Å². The number of hydrogen-bond acceptors (Lipinski definition) is 2. The first-order valence-corrected chi connectivity index (χ1v) is 7.07. The van der Waals surface area contributed by atoms with Crippen LogP contribution in [0.2, 0.25) is 0 Å². The van der Waals surface area contributed by atoms with Crippen LogP contribution >= 0.6 is 0 Å². The van der Waals surface area contributed by atoms with Gasteiger partial charge in [-0.2, -0.15) is 0 Å². The van der Waals surface area contributed by atoms with E-state index >= 15 is 0 Å². The molecule has 2 aliphatic heterocycles. The molecule has 0 radical (unpaired) electrons. The Balaban J connectivity index is 1.83. The van der Waals surface area contributed by atoms with Crippen molar-refractivity contribution in [3.05, 3.63) is 29.8 Å². The summed E-state index contributed by atoms with van der Waals surface area (Å²) >= 11 is 0. The normalized spacial score (nSPS) is 45.0. The maximum Gasteiger partial charge on any atom is 0.125 e. The van der Waals surface area contributed by atoms with Gasteiger partial charge in [-0.25, -0.2) is 0 Å². The molecule has 1 aromatic rings. The predicted octanol–water partition coefficient (Wildman–Crippen LogP) is 3.57. The van der Waals surface area contributed by atoms with E-state index in [0.717, 1.165) is 24.7 Å². The highest BCUT2D eigenvalue weighted by Gasteiger charge is 2.54. The highest BCUT2D eigenvalue weighted by molar-refractivity contribution is 5.39. The third kappa shape index (κ3) is 1.33. The van der Waals surface area contributed by atoms with E-state index in [0.29, 0.717) is 11.8 Å². The summed E-state index contributed by atoms with van der Waals surface area (Å²) in [5.41, 5.74) is 1.23. The predicted molar refractivity (Wildman–Crippen MR) is 69.5 cm³/mol. The van der Waals surface area contributed by atoms with Gasteiger partial charge in [0, 0.05) is 11.5 Å².